The zero-order valence-corrected chi connectivity index (χ0v) is 16.7. The van der Waals surface area contributed by atoms with Crippen molar-refractivity contribution in [2.75, 3.05) is 0 Å². The van der Waals surface area contributed by atoms with Crippen LogP contribution < -0.4 is 0 Å². The molecular formula is C24H30O4. The Labute approximate surface area is 167 Å². The van der Waals surface area contributed by atoms with Crippen molar-refractivity contribution >= 4 is 0 Å². The lowest BCUT2D eigenvalue weighted by Crippen LogP contribution is -2.40. The maximum Gasteiger partial charge on any atom is 0.164 e. The molecule has 1 N–H and O–H groups in total. The molecule has 4 atom stereocenters. The summed E-state index contributed by atoms with van der Waals surface area (Å²) < 4.78 is 18.6. The first-order valence-electron chi connectivity index (χ1n) is 9.85. The smallest absolute Gasteiger partial charge is 0.164 e. The minimum absolute atomic E-state index is 0.219. The van der Waals surface area contributed by atoms with Crippen LogP contribution in [0.2, 0.25) is 0 Å². The van der Waals surface area contributed by atoms with Gasteiger partial charge in [-0.3, -0.25) is 0 Å². The first-order chi connectivity index (χ1) is 13.5. The number of ether oxygens (including phenoxy) is 3. The summed E-state index contributed by atoms with van der Waals surface area (Å²) >= 11 is 0. The van der Waals surface area contributed by atoms with Crippen molar-refractivity contribution in [1.82, 2.24) is 0 Å². The van der Waals surface area contributed by atoms with Crippen molar-refractivity contribution in [3.8, 4) is 0 Å². The number of aliphatic hydroxyl groups is 1. The summed E-state index contributed by atoms with van der Waals surface area (Å²) in [4.78, 5) is 0. The van der Waals surface area contributed by atoms with E-state index < -0.39 is 18.0 Å². The number of rotatable bonds is 9. The van der Waals surface area contributed by atoms with Crippen LogP contribution in [-0.4, -0.2) is 29.2 Å². The third-order valence-electron chi connectivity index (χ3n) is 4.94. The van der Waals surface area contributed by atoms with Gasteiger partial charge in [0, 0.05) is 0 Å². The first-order valence-corrected chi connectivity index (χ1v) is 9.85. The molecule has 0 unspecified atom stereocenters. The Balaban J connectivity index is 1.79. The van der Waals surface area contributed by atoms with Crippen molar-refractivity contribution in [1.29, 1.82) is 0 Å². The van der Waals surface area contributed by atoms with Gasteiger partial charge in [-0.2, -0.15) is 0 Å². The Morgan fingerprint density at radius 3 is 2.29 bits per heavy atom. The molecule has 1 fully saturated rings. The van der Waals surface area contributed by atoms with Crippen molar-refractivity contribution in [3.63, 3.8) is 0 Å². The van der Waals surface area contributed by atoms with Crippen molar-refractivity contribution in [2.24, 2.45) is 0 Å². The van der Waals surface area contributed by atoms with E-state index in [9.17, 15) is 5.11 Å². The normalized spacial score (nSPS) is 23.2. The molecule has 0 spiro atoms. The quantitative estimate of drug-likeness (QED) is 0.634. The average molecular weight is 383 g/mol. The predicted octanol–water partition coefficient (Wildman–Crippen LogP) is 4.79. The van der Waals surface area contributed by atoms with E-state index in [2.05, 4.69) is 6.58 Å². The van der Waals surface area contributed by atoms with Gasteiger partial charge in [-0.05, 0) is 37.8 Å². The zero-order valence-electron chi connectivity index (χ0n) is 16.7. The van der Waals surface area contributed by atoms with Gasteiger partial charge in [-0.15, -0.1) is 6.58 Å². The fourth-order valence-electron chi connectivity index (χ4n) is 3.59. The minimum Gasteiger partial charge on any atom is -0.386 e. The molecule has 0 amide bonds. The number of aliphatic hydroxyl groups excluding tert-OH is 1. The monoisotopic (exact) mass is 382 g/mol. The topological polar surface area (TPSA) is 47.9 Å². The van der Waals surface area contributed by atoms with Crippen molar-refractivity contribution < 1.29 is 19.3 Å². The molecule has 1 aliphatic rings. The second kappa shape index (κ2) is 9.48. The highest BCUT2D eigenvalue weighted by Crippen LogP contribution is 2.38. The van der Waals surface area contributed by atoms with Crippen LogP contribution in [0.5, 0.6) is 0 Å². The van der Waals surface area contributed by atoms with Gasteiger partial charge in [0.15, 0.2) is 5.79 Å². The molecule has 2 aromatic carbocycles. The molecule has 1 heterocycles. The number of benzene rings is 2. The van der Waals surface area contributed by atoms with E-state index in [1.54, 1.807) is 0 Å². The van der Waals surface area contributed by atoms with Crippen molar-refractivity contribution in [3.05, 3.63) is 84.4 Å². The number of hydrogen-bond donors (Lipinski definition) is 1. The van der Waals surface area contributed by atoms with Crippen LogP contribution in [0, 0.1) is 0 Å². The second-order valence-electron chi connectivity index (χ2n) is 7.62. The highest BCUT2D eigenvalue weighted by molar-refractivity contribution is 5.19. The molecule has 4 heteroatoms. The zero-order chi connectivity index (χ0) is 20.0. The number of hydrogen-bond acceptors (Lipinski definition) is 4. The summed E-state index contributed by atoms with van der Waals surface area (Å²) in [6.07, 6.45) is 1.52. The van der Waals surface area contributed by atoms with Crippen molar-refractivity contribution in [2.45, 2.75) is 63.5 Å². The summed E-state index contributed by atoms with van der Waals surface area (Å²) in [6, 6.07) is 19.6. The van der Waals surface area contributed by atoms with Gasteiger partial charge in [-0.1, -0.05) is 66.7 Å². The molecule has 28 heavy (non-hydrogen) atoms. The van der Waals surface area contributed by atoms with Gasteiger partial charge in [0.2, 0.25) is 0 Å². The standard InChI is InChI=1S/C24H30O4/c1-4-5-16-20(26-17-18-12-8-6-9-13-18)22-23(28-24(2,3)27-22)21(25)19-14-10-7-11-15-19/h4,6-15,20-23,25H,1,5,16-17H2,2-3H3/t20-,21+,22+,23+/m0/s1. The molecule has 0 bridgehead atoms. The first kappa shape index (κ1) is 20.7. The van der Waals surface area contributed by atoms with Crippen LogP contribution in [0.1, 0.15) is 43.9 Å². The van der Waals surface area contributed by atoms with Gasteiger partial charge in [0.1, 0.15) is 18.3 Å². The van der Waals surface area contributed by atoms with Crippen LogP contribution in [0.4, 0.5) is 0 Å². The maximum absolute atomic E-state index is 11.0. The van der Waals surface area contributed by atoms with Crippen LogP contribution in [-0.2, 0) is 20.8 Å². The predicted molar refractivity (Wildman–Crippen MR) is 110 cm³/mol. The van der Waals surface area contributed by atoms with Crippen LogP contribution in [0.25, 0.3) is 0 Å². The van der Waals surface area contributed by atoms with Crippen LogP contribution in [0.15, 0.2) is 73.3 Å². The lowest BCUT2D eigenvalue weighted by molar-refractivity contribution is -0.164. The SMILES string of the molecule is C=CCC[C@H](OCc1ccccc1)[C@H]1OC(C)(C)O[C@@H]1[C@H](O)c1ccccc1. The molecule has 1 aliphatic heterocycles. The molecule has 0 aliphatic carbocycles. The van der Waals surface area contributed by atoms with Gasteiger partial charge in [0.25, 0.3) is 0 Å². The van der Waals surface area contributed by atoms with Gasteiger partial charge < -0.3 is 19.3 Å². The largest absolute Gasteiger partial charge is 0.386 e. The average Bonchev–Trinajstić information content (AvgIpc) is 3.04. The Kier molecular flexibility index (Phi) is 7.03. The molecule has 150 valence electrons. The van der Waals surface area contributed by atoms with E-state index in [0.717, 1.165) is 24.0 Å². The fourth-order valence-corrected chi connectivity index (χ4v) is 3.59. The summed E-state index contributed by atoms with van der Waals surface area (Å²) in [5.41, 5.74) is 1.91. The second-order valence-corrected chi connectivity index (χ2v) is 7.62. The molecule has 0 saturated carbocycles. The summed E-state index contributed by atoms with van der Waals surface area (Å²) in [6.45, 7) is 8.06. The summed E-state index contributed by atoms with van der Waals surface area (Å²) in [7, 11) is 0. The van der Waals surface area contributed by atoms with E-state index in [-0.39, 0.29) is 12.2 Å². The third kappa shape index (κ3) is 5.30. The fraction of sp³-hybridized carbons (Fsp3) is 0.417. The summed E-state index contributed by atoms with van der Waals surface area (Å²) in [5, 5.41) is 11.0. The molecule has 3 rings (SSSR count). The molecular weight excluding hydrogens is 352 g/mol. The Bertz CT molecular complexity index is 729. The Morgan fingerprint density at radius 1 is 1.04 bits per heavy atom. The van der Waals surface area contributed by atoms with E-state index >= 15 is 0 Å². The van der Waals surface area contributed by atoms with Crippen LogP contribution >= 0.6 is 0 Å². The highest BCUT2D eigenvalue weighted by atomic mass is 16.8. The molecule has 0 radical (unpaired) electrons. The van der Waals surface area contributed by atoms with E-state index in [0.29, 0.717) is 6.61 Å². The van der Waals surface area contributed by atoms with Gasteiger partial charge in [0.05, 0.1) is 12.7 Å². The lowest BCUT2D eigenvalue weighted by Gasteiger charge is -2.29. The van der Waals surface area contributed by atoms with Crippen LogP contribution in [0.3, 0.4) is 0 Å². The van der Waals surface area contributed by atoms with Gasteiger partial charge >= 0.3 is 0 Å². The van der Waals surface area contributed by atoms with Gasteiger partial charge in [-0.25, -0.2) is 0 Å². The molecule has 2 aromatic rings. The minimum atomic E-state index is -0.792. The van der Waals surface area contributed by atoms with E-state index in [4.69, 9.17) is 14.2 Å². The number of allylic oxidation sites excluding steroid dienone is 1. The maximum atomic E-state index is 11.0. The Morgan fingerprint density at radius 2 is 1.64 bits per heavy atom. The van der Waals surface area contributed by atoms with E-state index in [1.165, 1.54) is 0 Å². The molecule has 0 aromatic heterocycles. The lowest BCUT2D eigenvalue weighted by atomic mass is 9.95. The molecule has 4 nitrogen and oxygen atoms in total. The summed E-state index contributed by atoms with van der Waals surface area (Å²) in [5.74, 6) is -0.784. The van der Waals surface area contributed by atoms with E-state index in [1.807, 2.05) is 80.6 Å². The highest BCUT2D eigenvalue weighted by Gasteiger charge is 2.48. The molecule has 1 saturated heterocycles. The third-order valence-corrected chi connectivity index (χ3v) is 4.94. The Hall–Kier alpha value is -1.98.